The molecule has 10 heteroatoms. The third-order valence-electron chi connectivity index (χ3n) is 7.21. The van der Waals surface area contributed by atoms with E-state index < -0.39 is 12.7 Å². The van der Waals surface area contributed by atoms with E-state index >= 15 is 0 Å². The standard InChI is InChI=1S/C17H18N5.BF4/c1-21-16-17(8-18)12-5-4-10(7-12)14(17)13-9-2-3-11(6-9)15(13)22(16)20-19-21;2-1(3,4)5/h2-5,9-15H,6-7H2,1H3;/q+1;-1/t9-,10-,11+,12+,13-,14-,15-,17-;/m1./s1. The molecular weight excluding hydrogens is 361 g/mol. The molecule has 0 aromatic carbocycles. The number of hydrogen-bond acceptors (Lipinski definition) is 3. The molecule has 0 spiro atoms. The Kier molecular flexibility index (Phi) is 3.27. The van der Waals surface area contributed by atoms with E-state index in [1.54, 1.807) is 0 Å². The van der Waals surface area contributed by atoms with E-state index in [9.17, 15) is 22.5 Å². The molecule has 1 aromatic rings. The fourth-order valence-corrected chi connectivity index (χ4v) is 6.68. The number of aryl methyl sites for hydroxylation is 1. The second-order valence-corrected chi connectivity index (χ2v) is 8.28. The normalized spacial score (nSPS) is 44.4. The fraction of sp³-hybridized carbons (Fsp3) is 0.647. The minimum Gasteiger partial charge on any atom is -0.418 e. The average Bonchev–Trinajstić information content (AvgIpc) is 3.38. The molecular formula is C17H18BF4N5. The predicted molar refractivity (Wildman–Crippen MR) is 86.2 cm³/mol. The van der Waals surface area contributed by atoms with Gasteiger partial charge in [0.25, 0.3) is 5.82 Å². The Morgan fingerprint density at radius 1 is 1.15 bits per heavy atom. The van der Waals surface area contributed by atoms with E-state index in [1.165, 1.54) is 6.42 Å². The van der Waals surface area contributed by atoms with Crippen molar-refractivity contribution in [2.45, 2.75) is 24.3 Å². The molecule has 2 heterocycles. The van der Waals surface area contributed by atoms with Gasteiger partial charge in [0.15, 0.2) is 10.6 Å². The van der Waals surface area contributed by atoms with Gasteiger partial charge < -0.3 is 17.3 Å². The van der Waals surface area contributed by atoms with Gasteiger partial charge in [0.2, 0.25) is 0 Å². The molecule has 5 aliphatic rings. The van der Waals surface area contributed by atoms with Crippen molar-refractivity contribution in [1.82, 2.24) is 15.1 Å². The summed E-state index contributed by atoms with van der Waals surface area (Å²) in [5, 5.41) is 19.1. The molecule has 0 saturated heterocycles. The van der Waals surface area contributed by atoms with Gasteiger partial charge in [-0.25, -0.2) is 0 Å². The number of rotatable bonds is 0. The highest BCUT2D eigenvalue weighted by atomic mass is 19.5. The van der Waals surface area contributed by atoms with Crippen molar-refractivity contribution < 1.29 is 21.9 Å². The molecule has 5 nitrogen and oxygen atoms in total. The lowest BCUT2D eigenvalue weighted by Crippen LogP contribution is -2.57. The zero-order chi connectivity index (χ0) is 19.1. The minimum absolute atomic E-state index is 0.333. The smallest absolute Gasteiger partial charge is 0.418 e. The summed E-state index contributed by atoms with van der Waals surface area (Å²) < 4.78 is 43.0. The highest BCUT2D eigenvalue weighted by molar-refractivity contribution is 6.50. The van der Waals surface area contributed by atoms with Crippen LogP contribution in [0, 0.1) is 46.8 Å². The van der Waals surface area contributed by atoms with E-state index in [-0.39, 0.29) is 0 Å². The first-order valence-corrected chi connectivity index (χ1v) is 9.23. The van der Waals surface area contributed by atoms with Crippen molar-refractivity contribution in [2.24, 2.45) is 42.6 Å². The van der Waals surface area contributed by atoms with Gasteiger partial charge in [-0.05, 0) is 24.7 Å². The van der Waals surface area contributed by atoms with Crippen LogP contribution in [0.15, 0.2) is 24.3 Å². The van der Waals surface area contributed by atoms with Gasteiger partial charge >= 0.3 is 7.25 Å². The largest absolute Gasteiger partial charge is 0.673 e. The lowest BCUT2D eigenvalue weighted by molar-refractivity contribution is -0.742. The molecule has 2 fully saturated rings. The van der Waals surface area contributed by atoms with Crippen LogP contribution in [-0.2, 0) is 12.5 Å². The molecule has 0 N–H and O–H groups in total. The average molecular weight is 379 g/mol. The molecule has 1 aliphatic heterocycles. The fourth-order valence-electron chi connectivity index (χ4n) is 6.68. The SMILES string of the molecule is C[n+]1nnn2c1[C@@]1(C#N)[C@@H]([C@@H]3[C@H]2[C@H]2C=C[C@@H]3C2)[C@@H]2C=C[C@H]1C2.F[B-](F)(F)F. The van der Waals surface area contributed by atoms with Gasteiger partial charge in [0.05, 0.1) is 13.1 Å². The van der Waals surface area contributed by atoms with E-state index in [0.717, 1.165) is 12.2 Å². The quantitative estimate of drug-likeness (QED) is 0.301. The summed E-state index contributed by atoms with van der Waals surface area (Å²) in [7, 11) is -4.05. The summed E-state index contributed by atoms with van der Waals surface area (Å²) in [6.07, 6.45) is 11.8. The Morgan fingerprint density at radius 2 is 1.81 bits per heavy atom. The number of fused-ring (bicyclic) bond motifs is 14. The summed E-state index contributed by atoms with van der Waals surface area (Å²) in [6, 6.07) is 3.18. The first kappa shape index (κ1) is 17.0. The van der Waals surface area contributed by atoms with Crippen LogP contribution in [0.1, 0.15) is 24.7 Å². The maximum Gasteiger partial charge on any atom is 0.673 e. The second kappa shape index (κ2) is 5.21. The Balaban J connectivity index is 0.000000288. The zero-order valence-corrected chi connectivity index (χ0v) is 14.6. The van der Waals surface area contributed by atoms with Crippen LogP contribution in [-0.4, -0.2) is 22.4 Å². The third kappa shape index (κ3) is 2.08. The van der Waals surface area contributed by atoms with Crippen molar-refractivity contribution in [2.75, 3.05) is 0 Å². The monoisotopic (exact) mass is 379 g/mol. The Morgan fingerprint density at radius 3 is 2.52 bits per heavy atom. The summed E-state index contributed by atoms with van der Waals surface area (Å²) >= 11 is 0. The number of nitrogens with zero attached hydrogens (tertiary/aromatic N) is 5. The summed E-state index contributed by atoms with van der Waals surface area (Å²) in [6.45, 7) is 0. The Hall–Kier alpha value is -2.18. The molecule has 2 saturated carbocycles. The Labute approximate surface area is 153 Å². The highest BCUT2D eigenvalue weighted by Crippen LogP contribution is 2.68. The molecule has 8 atom stereocenters. The van der Waals surface area contributed by atoms with Gasteiger partial charge in [-0.15, -0.1) is 4.68 Å². The summed E-state index contributed by atoms with van der Waals surface area (Å²) in [4.78, 5) is 0. The number of halogens is 4. The van der Waals surface area contributed by atoms with Crippen LogP contribution in [0.3, 0.4) is 0 Å². The topological polar surface area (TPSA) is 58.4 Å². The van der Waals surface area contributed by atoms with Gasteiger partial charge in [0, 0.05) is 23.7 Å². The summed E-state index contributed by atoms with van der Waals surface area (Å²) in [5.74, 6) is 4.16. The zero-order valence-electron chi connectivity index (χ0n) is 14.6. The number of nitriles is 1. The third-order valence-corrected chi connectivity index (χ3v) is 7.21. The molecule has 0 amide bonds. The van der Waals surface area contributed by atoms with Gasteiger partial charge in [0.1, 0.15) is 11.3 Å². The lowest BCUT2D eigenvalue weighted by Gasteiger charge is -2.44. The second-order valence-electron chi connectivity index (χ2n) is 8.28. The Bertz CT molecular complexity index is 896. The van der Waals surface area contributed by atoms with Crippen LogP contribution in [0.2, 0.25) is 0 Å². The molecule has 0 unspecified atom stereocenters. The predicted octanol–water partition coefficient (Wildman–Crippen LogP) is 2.36. The molecule has 6 rings (SSSR count). The van der Waals surface area contributed by atoms with Gasteiger partial charge in [-0.2, -0.15) is 5.26 Å². The lowest BCUT2D eigenvalue weighted by atomic mass is 9.58. The van der Waals surface area contributed by atoms with Crippen LogP contribution in [0.4, 0.5) is 17.3 Å². The number of allylic oxidation sites excluding steroid dienone is 4. The van der Waals surface area contributed by atoms with Gasteiger partial charge in [-0.3, -0.25) is 0 Å². The van der Waals surface area contributed by atoms with Crippen molar-refractivity contribution in [1.29, 1.82) is 5.26 Å². The van der Waals surface area contributed by atoms with Gasteiger partial charge in [-0.1, -0.05) is 29.0 Å². The number of hydrogen-bond donors (Lipinski definition) is 0. The van der Waals surface area contributed by atoms with Crippen LogP contribution < -0.4 is 4.68 Å². The van der Waals surface area contributed by atoms with Crippen LogP contribution in [0.25, 0.3) is 0 Å². The molecule has 4 bridgehead atoms. The molecule has 1 aromatic heterocycles. The van der Waals surface area contributed by atoms with E-state index in [1.807, 2.05) is 11.7 Å². The van der Waals surface area contributed by atoms with E-state index in [0.29, 0.717) is 41.5 Å². The van der Waals surface area contributed by atoms with Crippen molar-refractivity contribution in [3.8, 4) is 6.07 Å². The van der Waals surface area contributed by atoms with Crippen molar-refractivity contribution >= 4 is 7.25 Å². The molecule has 4 aliphatic carbocycles. The number of aromatic nitrogens is 4. The first-order chi connectivity index (χ1) is 12.8. The minimum atomic E-state index is -6.00. The van der Waals surface area contributed by atoms with Crippen LogP contribution >= 0.6 is 0 Å². The summed E-state index contributed by atoms with van der Waals surface area (Å²) in [5.41, 5.74) is -0.419. The van der Waals surface area contributed by atoms with Crippen molar-refractivity contribution in [3.05, 3.63) is 30.1 Å². The highest BCUT2D eigenvalue weighted by Gasteiger charge is 2.72. The maximum atomic E-state index is 10.3. The molecule has 142 valence electrons. The maximum absolute atomic E-state index is 10.3. The molecule has 0 radical (unpaired) electrons. The van der Waals surface area contributed by atoms with Crippen molar-refractivity contribution in [3.63, 3.8) is 0 Å². The molecule has 27 heavy (non-hydrogen) atoms. The first-order valence-electron chi connectivity index (χ1n) is 9.23. The van der Waals surface area contributed by atoms with Crippen LogP contribution in [0.5, 0.6) is 0 Å². The number of tetrazole rings is 1. The van der Waals surface area contributed by atoms with E-state index in [2.05, 4.69) is 45.5 Å². The van der Waals surface area contributed by atoms with E-state index in [4.69, 9.17) is 0 Å².